The molecule has 0 aliphatic carbocycles. The van der Waals surface area contributed by atoms with Crippen molar-refractivity contribution in [1.82, 2.24) is 30.4 Å². The van der Waals surface area contributed by atoms with E-state index >= 15 is 0 Å². The monoisotopic (exact) mass is 439 g/mol. The van der Waals surface area contributed by atoms with Gasteiger partial charge in [0.05, 0.1) is 11.9 Å². The van der Waals surface area contributed by atoms with E-state index in [1.54, 1.807) is 6.20 Å². The van der Waals surface area contributed by atoms with Gasteiger partial charge in [-0.3, -0.25) is 9.80 Å². The van der Waals surface area contributed by atoms with Crippen molar-refractivity contribution in [2.75, 3.05) is 32.7 Å². The van der Waals surface area contributed by atoms with Crippen LogP contribution >= 0.6 is 0 Å². The molecular weight excluding hydrogens is 412 g/mol. The Labute approximate surface area is 194 Å². The summed E-state index contributed by atoms with van der Waals surface area (Å²) in [6, 6.07) is 20.7. The van der Waals surface area contributed by atoms with Crippen molar-refractivity contribution >= 4 is 5.57 Å². The average molecular weight is 440 g/mol. The molecule has 1 fully saturated rings. The van der Waals surface area contributed by atoms with Crippen LogP contribution < -0.4 is 10.6 Å². The summed E-state index contributed by atoms with van der Waals surface area (Å²) < 4.78 is 0. The fourth-order valence-corrected chi connectivity index (χ4v) is 4.87. The topological polar surface area (TPSA) is 60.1 Å². The second kappa shape index (κ2) is 8.35. The standard InChI is InChI=1S/C26H27N6O/c33-32-19-24-28-23(30-15-13-29(14-16-30)17-20-7-3-1-4-8-20)18-31(24)26-25(32)22(11-12-27-26)21-9-5-2-6-10-21/h1-11,18-19,27-28H,12-17H2/q-1. The van der Waals surface area contributed by atoms with Gasteiger partial charge in [0.25, 0.3) is 0 Å². The molecule has 0 radical (unpaired) electrons. The van der Waals surface area contributed by atoms with Crippen molar-refractivity contribution in [1.29, 1.82) is 0 Å². The Bertz CT molecular complexity index is 1150. The summed E-state index contributed by atoms with van der Waals surface area (Å²) in [5.41, 5.74) is 4.02. The summed E-state index contributed by atoms with van der Waals surface area (Å²) in [7, 11) is 0. The Balaban J connectivity index is 1.19. The molecule has 0 unspecified atom stereocenters. The van der Waals surface area contributed by atoms with E-state index in [9.17, 15) is 5.21 Å². The molecular formula is C26H27N6O-. The normalized spacial score (nSPS) is 20.4. The van der Waals surface area contributed by atoms with Gasteiger partial charge in [0.1, 0.15) is 17.5 Å². The minimum absolute atomic E-state index is 0.656. The minimum Gasteiger partial charge on any atom is -0.754 e. The summed E-state index contributed by atoms with van der Waals surface area (Å²) in [4.78, 5) is 6.94. The Hall–Kier alpha value is -3.68. The summed E-state index contributed by atoms with van der Waals surface area (Å²) in [5, 5.41) is 20.9. The van der Waals surface area contributed by atoms with Crippen LogP contribution in [0.25, 0.3) is 5.57 Å². The van der Waals surface area contributed by atoms with Gasteiger partial charge in [-0.2, -0.15) is 0 Å². The maximum Gasteiger partial charge on any atom is 0.136 e. The van der Waals surface area contributed by atoms with Gasteiger partial charge >= 0.3 is 0 Å². The summed E-state index contributed by atoms with van der Waals surface area (Å²) in [6.45, 7) is 5.58. The number of hydrogen-bond acceptors (Lipinski definition) is 7. The van der Waals surface area contributed by atoms with Crippen LogP contribution in [0.15, 0.2) is 102 Å². The number of allylic oxidation sites excluding steroid dienone is 1. The number of piperazine rings is 1. The first-order chi connectivity index (χ1) is 16.3. The van der Waals surface area contributed by atoms with Crippen LogP contribution in [-0.4, -0.2) is 52.5 Å². The molecule has 0 saturated carbocycles. The highest BCUT2D eigenvalue weighted by Gasteiger charge is 2.33. The molecule has 0 atom stereocenters. The third kappa shape index (κ3) is 3.75. The lowest BCUT2D eigenvalue weighted by atomic mass is 9.99. The second-order valence-corrected chi connectivity index (χ2v) is 8.66. The van der Waals surface area contributed by atoms with E-state index in [0.29, 0.717) is 12.2 Å². The van der Waals surface area contributed by atoms with Crippen LogP contribution in [-0.2, 0) is 6.54 Å². The van der Waals surface area contributed by atoms with Crippen LogP contribution in [0.4, 0.5) is 0 Å². The van der Waals surface area contributed by atoms with Gasteiger partial charge in [-0.25, -0.2) is 0 Å². The van der Waals surface area contributed by atoms with Crippen molar-refractivity contribution < 1.29 is 0 Å². The largest absolute Gasteiger partial charge is 0.754 e. The lowest BCUT2D eigenvalue weighted by molar-refractivity contribution is 0.149. The fraction of sp³-hybridized carbons (Fsp3) is 0.231. The summed E-state index contributed by atoms with van der Waals surface area (Å²) in [5.74, 6) is 2.65. The van der Waals surface area contributed by atoms with Crippen LogP contribution in [0, 0.1) is 5.21 Å². The lowest BCUT2D eigenvalue weighted by Crippen LogP contribution is -2.46. The molecule has 4 aliphatic heterocycles. The first-order valence-corrected chi connectivity index (χ1v) is 11.5. The molecule has 7 heteroatoms. The first-order valence-electron chi connectivity index (χ1n) is 11.5. The molecule has 0 spiro atoms. The van der Waals surface area contributed by atoms with Gasteiger partial charge in [0.15, 0.2) is 0 Å². The molecule has 2 aromatic rings. The molecule has 2 N–H and O–H groups in total. The molecule has 2 aromatic carbocycles. The van der Waals surface area contributed by atoms with Gasteiger partial charge in [-0.15, -0.1) is 0 Å². The number of nitrogens with one attached hydrogen (secondary N) is 2. The quantitative estimate of drug-likeness (QED) is 0.760. The molecule has 33 heavy (non-hydrogen) atoms. The number of rotatable bonds is 4. The number of hydrogen-bond donors (Lipinski definition) is 2. The first kappa shape index (κ1) is 20.0. The van der Waals surface area contributed by atoms with Gasteiger partial charge in [-0.1, -0.05) is 66.7 Å². The smallest absolute Gasteiger partial charge is 0.136 e. The zero-order valence-corrected chi connectivity index (χ0v) is 18.4. The molecule has 0 aromatic heterocycles. The third-order valence-electron chi connectivity index (χ3n) is 6.57. The summed E-state index contributed by atoms with van der Waals surface area (Å²) in [6.07, 6.45) is 5.83. The fourth-order valence-electron chi connectivity index (χ4n) is 4.87. The van der Waals surface area contributed by atoms with Crippen LogP contribution in [0.3, 0.4) is 0 Å². The zero-order chi connectivity index (χ0) is 22.2. The molecule has 6 rings (SSSR count). The van der Waals surface area contributed by atoms with Gasteiger partial charge in [0, 0.05) is 51.0 Å². The van der Waals surface area contributed by atoms with Gasteiger partial charge in [-0.05, 0) is 11.1 Å². The average Bonchev–Trinajstić information content (AvgIpc) is 3.30. The van der Waals surface area contributed by atoms with Crippen LogP contribution in [0.2, 0.25) is 0 Å². The minimum atomic E-state index is 0.656. The van der Waals surface area contributed by atoms with Crippen molar-refractivity contribution in [3.8, 4) is 0 Å². The second-order valence-electron chi connectivity index (χ2n) is 8.66. The van der Waals surface area contributed by atoms with Crippen molar-refractivity contribution in [2.45, 2.75) is 6.54 Å². The van der Waals surface area contributed by atoms with E-state index in [4.69, 9.17) is 0 Å². The number of fused-ring (bicyclic) bond motifs is 2. The van der Waals surface area contributed by atoms with E-state index in [1.165, 1.54) is 5.56 Å². The van der Waals surface area contributed by atoms with E-state index in [-0.39, 0.29) is 0 Å². The predicted molar refractivity (Wildman–Crippen MR) is 129 cm³/mol. The Kier molecular flexibility index (Phi) is 5.05. The van der Waals surface area contributed by atoms with Gasteiger partial charge in [0.2, 0.25) is 0 Å². The highest BCUT2D eigenvalue weighted by atomic mass is 16.5. The molecule has 4 heterocycles. The molecule has 7 nitrogen and oxygen atoms in total. The van der Waals surface area contributed by atoms with E-state index < -0.39 is 0 Å². The van der Waals surface area contributed by atoms with Crippen molar-refractivity contribution in [3.05, 3.63) is 119 Å². The summed E-state index contributed by atoms with van der Waals surface area (Å²) >= 11 is 0. The van der Waals surface area contributed by atoms with Gasteiger partial charge < -0.3 is 25.8 Å². The Morgan fingerprint density at radius 2 is 1.55 bits per heavy atom. The van der Waals surface area contributed by atoms with Crippen LogP contribution in [0.5, 0.6) is 0 Å². The molecule has 4 aliphatic rings. The van der Waals surface area contributed by atoms with E-state index in [1.807, 2.05) is 30.3 Å². The van der Waals surface area contributed by atoms with Crippen molar-refractivity contribution in [3.63, 3.8) is 0 Å². The highest BCUT2D eigenvalue weighted by molar-refractivity contribution is 5.81. The SMILES string of the molecule is [O-]N1C=C2NC(N3CCN(Cc4ccccc4)CC3)=CN2C2=C1C(c1ccccc1)=CCN2. The maximum absolute atomic E-state index is 13.0. The number of benzene rings is 2. The maximum atomic E-state index is 13.0. The number of hydroxylamine groups is 2. The predicted octanol–water partition coefficient (Wildman–Crippen LogP) is 2.98. The van der Waals surface area contributed by atoms with E-state index in [0.717, 1.165) is 66.4 Å². The van der Waals surface area contributed by atoms with Crippen LogP contribution in [0.1, 0.15) is 11.1 Å². The number of nitrogens with zero attached hydrogens (tertiary/aromatic N) is 4. The zero-order valence-electron chi connectivity index (χ0n) is 18.4. The Morgan fingerprint density at radius 3 is 2.30 bits per heavy atom. The van der Waals surface area contributed by atoms with E-state index in [2.05, 4.69) is 67.9 Å². The lowest BCUT2D eigenvalue weighted by Gasteiger charge is -2.42. The third-order valence-corrected chi connectivity index (χ3v) is 6.57. The Morgan fingerprint density at radius 1 is 0.818 bits per heavy atom. The molecule has 1 saturated heterocycles. The van der Waals surface area contributed by atoms with Crippen molar-refractivity contribution in [2.24, 2.45) is 0 Å². The number of dihydropyridines is 1. The molecule has 0 amide bonds. The molecule has 168 valence electrons. The highest BCUT2D eigenvalue weighted by Crippen LogP contribution is 2.37. The molecule has 0 bridgehead atoms.